The Morgan fingerprint density at radius 2 is 1.95 bits per heavy atom. The topological polar surface area (TPSA) is 109 Å². The number of benzene rings is 1. The van der Waals surface area contributed by atoms with E-state index in [2.05, 4.69) is 37.2 Å². The minimum atomic E-state index is -1.35. The number of carboxylic acid groups (broad SMARTS) is 1. The van der Waals surface area contributed by atoms with E-state index in [0.717, 1.165) is 4.47 Å². The van der Waals surface area contributed by atoms with Crippen molar-refractivity contribution < 1.29 is 19.5 Å². The molecule has 0 fully saturated rings. The highest BCUT2D eigenvalue weighted by Gasteiger charge is 2.23. The van der Waals surface area contributed by atoms with Crippen molar-refractivity contribution in [2.24, 2.45) is 5.73 Å². The Kier molecular flexibility index (Phi) is 5.49. The molecule has 1 aromatic rings. The number of carbonyl (C=O) groups is 3. The maximum absolute atomic E-state index is 11.9. The first-order valence-corrected chi connectivity index (χ1v) is 6.67. The molecule has 0 bridgehead atoms. The van der Waals surface area contributed by atoms with Crippen LogP contribution in [0.1, 0.15) is 16.8 Å². The SMILES string of the molecule is NC(=O)CC(NC(=O)c1ccc(Br)cc1Br)C(=O)O. The van der Waals surface area contributed by atoms with Crippen LogP contribution in [-0.2, 0) is 9.59 Å². The second-order valence-corrected chi connectivity index (χ2v) is 5.43. The Bertz CT molecular complexity index is 533. The van der Waals surface area contributed by atoms with Crippen molar-refractivity contribution in [1.82, 2.24) is 5.32 Å². The summed E-state index contributed by atoms with van der Waals surface area (Å²) in [4.78, 5) is 33.5. The van der Waals surface area contributed by atoms with E-state index in [1.807, 2.05) is 0 Å². The fraction of sp³-hybridized carbons (Fsp3) is 0.182. The second-order valence-electron chi connectivity index (χ2n) is 3.66. The Hall–Kier alpha value is -1.41. The van der Waals surface area contributed by atoms with Gasteiger partial charge in [0.25, 0.3) is 5.91 Å². The number of nitrogens with two attached hydrogens (primary N) is 1. The normalized spacial score (nSPS) is 11.7. The van der Waals surface area contributed by atoms with Crippen LogP contribution in [0, 0.1) is 0 Å². The predicted octanol–water partition coefficient (Wildman–Crippen LogP) is 1.27. The Morgan fingerprint density at radius 3 is 2.42 bits per heavy atom. The van der Waals surface area contributed by atoms with Gasteiger partial charge in [-0.25, -0.2) is 4.79 Å². The van der Waals surface area contributed by atoms with E-state index in [-0.39, 0.29) is 5.56 Å². The minimum absolute atomic E-state index is 0.263. The fourth-order valence-electron chi connectivity index (χ4n) is 1.31. The van der Waals surface area contributed by atoms with Crippen LogP contribution < -0.4 is 11.1 Å². The number of carbonyl (C=O) groups excluding carboxylic acids is 2. The quantitative estimate of drug-likeness (QED) is 0.699. The van der Waals surface area contributed by atoms with Gasteiger partial charge in [0.1, 0.15) is 6.04 Å². The average molecular weight is 394 g/mol. The maximum Gasteiger partial charge on any atom is 0.326 e. The van der Waals surface area contributed by atoms with Crippen LogP contribution in [0.3, 0.4) is 0 Å². The van der Waals surface area contributed by atoms with Crippen molar-refractivity contribution >= 4 is 49.6 Å². The van der Waals surface area contributed by atoms with Crippen molar-refractivity contribution in [3.8, 4) is 0 Å². The molecule has 0 spiro atoms. The van der Waals surface area contributed by atoms with Crippen molar-refractivity contribution in [2.45, 2.75) is 12.5 Å². The number of amides is 2. The minimum Gasteiger partial charge on any atom is -0.480 e. The molecule has 102 valence electrons. The lowest BCUT2D eigenvalue weighted by Gasteiger charge is -2.13. The summed E-state index contributed by atoms with van der Waals surface area (Å²) in [6, 6.07) is 3.47. The molecule has 1 rings (SSSR count). The number of hydrogen-bond donors (Lipinski definition) is 3. The van der Waals surface area contributed by atoms with Crippen LogP contribution in [0.5, 0.6) is 0 Å². The summed E-state index contributed by atoms with van der Waals surface area (Å²) >= 11 is 6.43. The molecule has 0 saturated heterocycles. The van der Waals surface area contributed by atoms with E-state index in [1.165, 1.54) is 6.07 Å². The van der Waals surface area contributed by atoms with E-state index in [0.29, 0.717) is 4.47 Å². The molecule has 1 unspecified atom stereocenters. The largest absolute Gasteiger partial charge is 0.480 e. The van der Waals surface area contributed by atoms with Gasteiger partial charge in [0.15, 0.2) is 0 Å². The molecule has 4 N–H and O–H groups in total. The molecular weight excluding hydrogens is 384 g/mol. The molecule has 0 saturated carbocycles. The Balaban J connectivity index is 2.87. The molecule has 0 aromatic heterocycles. The van der Waals surface area contributed by atoms with Crippen LogP contribution in [0.15, 0.2) is 27.1 Å². The monoisotopic (exact) mass is 392 g/mol. The van der Waals surface area contributed by atoms with Gasteiger partial charge in [-0.1, -0.05) is 15.9 Å². The lowest BCUT2D eigenvalue weighted by molar-refractivity contribution is -0.140. The summed E-state index contributed by atoms with van der Waals surface area (Å²) < 4.78 is 1.27. The average Bonchev–Trinajstić information content (AvgIpc) is 2.26. The first-order valence-electron chi connectivity index (χ1n) is 5.08. The number of nitrogens with one attached hydrogen (secondary N) is 1. The third kappa shape index (κ3) is 4.64. The first-order chi connectivity index (χ1) is 8.81. The fourth-order valence-corrected chi connectivity index (χ4v) is 2.54. The third-order valence-electron chi connectivity index (χ3n) is 2.18. The van der Waals surface area contributed by atoms with Gasteiger partial charge in [-0.3, -0.25) is 9.59 Å². The van der Waals surface area contributed by atoms with Gasteiger partial charge >= 0.3 is 5.97 Å². The van der Waals surface area contributed by atoms with Gasteiger partial charge in [0.2, 0.25) is 5.91 Å². The van der Waals surface area contributed by atoms with Gasteiger partial charge in [-0.2, -0.15) is 0 Å². The van der Waals surface area contributed by atoms with Crippen LogP contribution in [0.4, 0.5) is 0 Å². The zero-order chi connectivity index (χ0) is 14.6. The highest BCUT2D eigenvalue weighted by atomic mass is 79.9. The zero-order valence-corrected chi connectivity index (χ0v) is 12.7. The van der Waals surface area contributed by atoms with E-state index >= 15 is 0 Å². The molecule has 0 aliphatic carbocycles. The van der Waals surface area contributed by atoms with E-state index in [4.69, 9.17) is 10.8 Å². The highest BCUT2D eigenvalue weighted by molar-refractivity contribution is 9.11. The third-order valence-corrected chi connectivity index (χ3v) is 3.33. The van der Waals surface area contributed by atoms with Crippen molar-refractivity contribution in [2.75, 3.05) is 0 Å². The van der Waals surface area contributed by atoms with E-state index in [1.54, 1.807) is 12.1 Å². The molecule has 1 aromatic carbocycles. The summed E-state index contributed by atoms with van der Waals surface area (Å²) in [5, 5.41) is 11.1. The lowest BCUT2D eigenvalue weighted by Crippen LogP contribution is -2.43. The summed E-state index contributed by atoms with van der Waals surface area (Å²) in [5.41, 5.74) is 5.19. The molecule has 0 heterocycles. The molecule has 1 atom stereocenters. The lowest BCUT2D eigenvalue weighted by atomic mass is 10.1. The molecule has 0 aliphatic rings. The smallest absolute Gasteiger partial charge is 0.326 e. The molecule has 19 heavy (non-hydrogen) atoms. The van der Waals surface area contributed by atoms with E-state index in [9.17, 15) is 14.4 Å². The Labute approximate surface area is 125 Å². The standard InChI is InChI=1S/C11H10Br2N2O4/c12-5-1-2-6(7(13)3-5)10(17)15-8(11(18)19)4-9(14)16/h1-3,8H,4H2,(H2,14,16)(H,15,17)(H,18,19). The van der Waals surface area contributed by atoms with Gasteiger partial charge in [0, 0.05) is 8.95 Å². The number of rotatable bonds is 5. The van der Waals surface area contributed by atoms with Gasteiger partial charge < -0.3 is 16.2 Å². The maximum atomic E-state index is 11.9. The number of primary amides is 1. The summed E-state index contributed by atoms with van der Waals surface area (Å²) in [6.45, 7) is 0. The summed E-state index contributed by atoms with van der Waals surface area (Å²) in [6.07, 6.45) is -0.463. The van der Waals surface area contributed by atoms with Crippen molar-refractivity contribution in [3.63, 3.8) is 0 Å². The number of carboxylic acids is 1. The van der Waals surface area contributed by atoms with Crippen LogP contribution in [0.25, 0.3) is 0 Å². The van der Waals surface area contributed by atoms with Gasteiger partial charge in [-0.05, 0) is 34.1 Å². The molecule has 6 nitrogen and oxygen atoms in total. The van der Waals surface area contributed by atoms with Crippen molar-refractivity contribution in [3.05, 3.63) is 32.7 Å². The van der Waals surface area contributed by atoms with Gasteiger partial charge in [-0.15, -0.1) is 0 Å². The van der Waals surface area contributed by atoms with Gasteiger partial charge in [0.05, 0.1) is 12.0 Å². The summed E-state index contributed by atoms with van der Waals surface area (Å²) in [7, 11) is 0. The predicted molar refractivity (Wildman–Crippen MR) is 74.5 cm³/mol. The second kappa shape index (κ2) is 6.67. The first kappa shape index (κ1) is 15.6. The number of halogens is 2. The molecule has 2 amide bonds. The van der Waals surface area contributed by atoms with Crippen LogP contribution >= 0.6 is 31.9 Å². The zero-order valence-electron chi connectivity index (χ0n) is 9.52. The molecule has 8 heteroatoms. The van der Waals surface area contributed by atoms with E-state index < -0.39 is 30.2 Å². The number of hydrogen-bond acceptors (Lipinski definition) is 3. The Morgan fingerprint density at radius 1 is 1.32 bits per heavy atom. The van der Waals surface area contributed by atoms with Crippen LogP contribution in [-0.4, -0.2) is 28.9 Å². The van der Waals surface area contributed by atoms with Crippen molar-refractivity contribution in [1.29, 1.82) is 0 Å². The summed E-state index contributed by atoms with van der Waals surface area (Å²) in [5.74, 6) is -2.73. The van der Waals surface area contributed by atoms with Crippen LogP contribution in [0.2, 0.25) is 0 Å². The molecule has 0 radical (unpaired) electrons. The molecule has 0 aliphatic heterocycles. The molecular formula is C11H10Br2N2O4. The highest BCUT2D eigenvalue weighted by Crippen LogP contribution is 2.22. The number of aliphatic carboxylic acids is 1.